The number of nitrogens with one attached hydrogen (secondary N) is 1. The van der Waals surface area contributed by atoms with E-state index in [1.165, 1.54) is 5.56 Å². The number of carbonyl (C=O) groups is 1. The molecule has 0 aromatic heterocycles. The Morgan fingerprint density at radius 3 is 2.44 bits per heavy atom. The highest BCUT2D eigenvalue weighted by molar-refractivity contribution is 5.70. The lowest BCUT2D eigenvalue weighted by molar-refractivity contribution is -0.140. The minimum atomic E-state index is -0.671. The van der Waals surface area contributed by atoms with E-state index in [1.807, 2.05) is 6.07 Å². The molecule has 1 aromatic rings. The predicted molar refractivity (Wildman–Crippen MR) is 64.4 cm³/mol. The van der Waals surface area contributed by atoms with Crippen molar-refractivity contribution in [2.45, 2.75) is 19.8 Å². The molecule has 1 heterocycles. The third kappa shape index (κ3) is 4.45. The molecule has 0 saturated carbocycles. The first kappa shape index (κ1) is 12.7. The van der Waals surface area contributed by atoms with Gasteiger partial charge < -0.3 is 10.4 Å². The van der Waals surface area contributed by atoms with Crippen LogP contribution in [0.15, 0.2) is 30.3 Å². The smallest absolute Gasteiger partial charge is 0.307 e. The Morgan fingerprint density at radius 1 is 1.44 bits per heavy atom. The number of benzene rings is 1. The van der Waals surface area contributed by atoms with E-state index in [0.717, 1.165) is 19.4 Å². The predicted octanol–water partition coefficient (Wildman–Crippen LogP) is 1.93. The lowest BCUT2D eigenvalue weighted by Crippen LogP contribution is -2.16. The highest BCUT2D eigenvalue weighted by Gasteiger charge is 2.20. The number of carboxylic acid groups (broad SMARTS) is 1. The topological polar surface area (TPSA) is 49.3 Å². The minimum Gasteiger partial charge on any atom is -0.481 e. The molecular formula is C13H19NO2. The molecule has 1 atom stereocenters. The van der Waals surface area contributed by atoms with Gasteiger partial charge in [0.15, 0.2) is 0 Å². The summed E-state index contributed by atoms with van der Waals surface area (Å²) in [7, 11) is 0. The van der Waals surface area contributed by atoms with E-state index < -0.39 is 5.97 Å². The van der Waals surface area contributed by atoms with E-state index in [1.54, 1.807) is 0 Å². The summed E-state index contributed by atoms with van der Waals surface area (Å²) in [6.07, 6.45) is 1.93. The van der Waals surface area contributed by atoms with E-state index in [0.29, 0.717) is 6.54 Å². The van der Waals surface area contributed by atoms with Gasteiger partial charge >= 0.3 is 5.97 Å². The van der Waals surface area contributed by atoms with Gasteiger partial charge in [0.2, 0.25) is 0 Å². The fourth-order valence-corrected chi connectivity index (χ4v) is 1.58. The van der Waals surface area contributed by atoms with Crippen molar-refractivity contribution < 1.29 is 9.90 Å². The van der Waals surface area contributed by atoms with Crippen LogP contribution in [0.1, 0.15) is 18.9 Å². The Hall–Kier alpha value is -1.35. The highest BCUT2D eigenvalue weighted by Crippen LogP contribution is 2.05. The van der Waals surface area contributed by atoms with Crippen LogP contribution < -0.4 is 5.32 Å². The van der Waals surface area contributed by atoms with Gasteiger partial charge in [-0.25, -0.2) is 0 Å². The standard InChI is InChI=1S/C8H10.C5H9NO2/c1-2-8-6-4-3-5-7-8;7-5(8)4-1-2-6-3-4/h3-7H,2H2,1H3;4,6H,1-3H2,(H,7,8). The maximum atomic E-state index is 10.2. The van der Waals surface area contributed by atoms with Gasteiger partial charge in [-0.1, -0.05) is 37.3 Å². The number of rotatable bonds is 2. The number of hydrogen-bond acceptors (Lipinski definition) is 2. The molecule has 16 heavy (non-hydrogen) atoms. The molecule has 3 heteroatoms. The molecule has 1 saturated heterocycles. The van der Waals surface area contributed by atoms with Gasteiger partial charge in [-0.15, -0.1) is 0 Å². The Balaban J connectivity index is 0.000000160. The zero-order valence-electron chi connectivity index (χ0n) is 9.65. The van der Waals surface area contributed by atoms with E-state index in [-0.39, 0.29) is 5.92 Å². The second kappa shape index (κ2) is 7.01. The van der Waals surface area contributed by atoms with Crippen molar-refractivity contribution in [2.75, 3.05) is 13.1 Å². The summed E-state index contributed by atoms with van der Waals surface area (Å²) in [6.45, 7) is 3.67. The van der Waals surface area contributed by atoms with Crippen molar-refractivity contribution in [1.82, 2.24) is 5.32 Å². The highest BCUT2D eigenvalue weighted by atomic mass is 16.4. The summed E-state index contributed by atoms with van der Waals surface area (Å²) >= 11 is 0. The summed E-state index contributed by atoms with van der Waals surface area (Å²) in [5.41, 5.74) is 1.41. The molecule has 1 fully saturated rings. The van der Waals surface area contributed by atoms with Crippen molar-refractivity contribution in [3.05, 3.63) is 35.9 Å². The molecule has 88 valence electrons. The summed E-state index contributed by atoms with van der Waals surface area (Å²) in [4.78, 5) is 10.2. The van der Waals surface area contributed by atoms with Gasteiger partial charge in [0.25, 0.3) is 0 Å². The zero-order chi connectivity index (χ0) is 11.8. The fraction of sp³-hybridized carbons (Fsp3) is 0.462. The van der Waals surface area contributed by atoms with Crippen molar-refractivity contribution in [2.24, 2.45) is 5.92 Å². The first-order chi connectivity index (χ1) is 7.74. The molecule has 0 bridgehead atoms. The van der Waals surface area contributed by atoms with Crippen molar-refractivity contribution >= 4 is 5.97 Å². The summed E-state index contributed by atoms with van der Waals surface area (Å²) in [5.74, 6) is -0.801. The zero-order valence-corrected chi connectivity index (χ0v) is 9.65. The SMILES string of the molecule is CCc1ccccc1.O=C(O)C1CCNC1. The molecule has 1 aliphatic heterocycles. The molecule has 0 spiro atoms. The van der Waals surface area contributed by atoms with Gasteiger partial charge in [-0.2, -0.15) is 0 Å². The monoisotopic (exact) mass is 221 g/mol. The average Bonchev–Trinajstić information content (AvgIpc) is 2.85. The average molecular weight is 221 g/mol. The van der Waals surface area contributed by atoms with Gasteiger partial charge in [-0.3, -0.25) is 4.79 Å². The van der Waals surface area contributed by atoms with Crippen molar-refractivity contribution in [3.63, 3.8) is 0 Å². The van der Waals surface area contributed by atoms with Crippen LogP contribution >= 0.6 is 0 Å². The summed E-state index contributed by atoms with van der Waals surface area (Å²) in [6, 6.07) is 10.5. The Labute approximate surface area is 96.5 Å². The third-order valence-electron chi connectivity index (χ3n) is 2.66. The van der Waals surface area contributed by atoms with E-state index >= 15 is 0 Å². The Kier molecular flexibility index (Phi) is 5.57. The Morgan fingerprint density at radius 2 is 2.12 bits per heavy atom. The molecule has 0 aliphatic carbocycles. The van der Waals surface area contributed by atoms with Crippen molar-refractivity contribution in [3.8, 4) is 0 Å². The second-order valence-electron chi connectivity index (χ2n) is 3.87. The van der Waals surface area contributed by atoms with Gasteiger partial charge in [-0.05, 0) is 24.9 Å². The van der Waals surface area contributed by atoms with Crippen LogP contribution in [0.25, 0.3) is 0 Å². The Bertz CT molecular complexity index is 305. The van der Waals surface area contributed by atoms with Crippen LogP contribution in [0.5, 0.6) is 0 Å². The third-order valence-corrected chi connectivity index (χ3v) is 2.66. The molecule has 0 amide bonds. The maximum Gasteiger partial charge on any atom is 0.307 e. The maximum absolute atomic E-state index is 10.2. The number of hydrogen-bond donors (Lipinski definition) is 2. The number of aryl methyl sites for hydroxylation is 1. The van der Waals surface area contributed by atoms with Gasteiger partial charge in [0.05, 0.1) is 5.92 Å². The molecule has 3 nitrogen and oxygen atoms in total. The molecule has 2 rings (SSSR count). The van der Waals surface area contributed by atoms with Crippen LogP contribution in [0.4, 0.5) is 0 Å². The molecule has 1 unspecified atom stereocenters. The minimum absolute atomic E-state index is 0.130. The van der Waals surface area contributed by atoms with E-state index in [2.05, 4.69) is 36.5 Å². The van der Waals surface area contributed by atoms with Crippen LogP contribution in [0.2, 0.25) is 0 Å². The molecule has 1 aromatic carbocycles. The quantitative estimate of drug-likeness (QED) is 0.802. The van der Waals surface area contributed by atoms with Crippen molar-refractivity contribution in [1.29, 1.82) is 0 Å². The number of aliphatic carboxylic acids is 1. The van der Waals surface area contributed by atoms with Gasteiger partial charge in [0, 0.05) is 6.54 Å². The largest absolute Gasteiger partial charge is 0.481 e. The molecule has 0 radical (unpaired) electrons. The van der Waals surface area contributed by atoms with Crippen LogP contribution in [-0.4, -0.2) is 24.2 Å². The first-order valence-electron chi connectivity index (χ1n) is 5.71. The summed E-state index contributed by atoms with van der Waals surface area (Å²) < 4.78 is 0. The van der Waals surface area contributed by atoms with E-state index in [9.17, 15) is 4.79 Å². The lowest BCUT2D eigenvalue weighted by Gasteiger charge is -1.96. The van der Waals surface area contributed by atoms with Gasteiger partial charge in [0.1, 0.15) is 0 Å². The summed E-state index contributed by atoms with van der Waals surface area (Å²) in [5, 5.41) is 11.3. The second-order valence-corrected chi connectivity index (χ2v) is 3.87. The normalized spacial score (nSPS) is 18.7. The van der Waals surface area contributed by atoms with Crippen LogP contribution in [0.3, 0.4) is 0 Å². The van der Waals surface area contributed by atoms with Crippen LogP contribution in [0, 0.1) is 5.92 Å². The lowest BCUT2D eigenvalue weighted by atomic mass is 10.1. The number of carboxylic acids is 1. The van der Waals surface area contributed by atoms with E-state index in [4.69, 9.17) is 5.11 Å². The molecule has 1 aliphatic rings. The molecule has 2 N–H and O–H groups in total. The molecular weight excluding hydrogens is 202 g/mol. The van der Waals surface area contributed by atoms with Crippen LogP contribution in [-0.2, 0) is 11.2 Å². The fourth-order valence-electron chi connectivity index (χ4n) is 1.58. The first-order valence-corrected chi connectivity index (χ1v) is 5.71.